The van der Waals surface area contributed by atoms with Crippen molar-refractivity contribution in [1.29, 1.82) is 0 Å². The number of methoxy groups -OCH3 is 1. The molecule has 1 aromatic heterocycles. The van der Waals surface area contributed by atoms with Gasteiger partial charge in [-0.2, -0.15) is 0 Å². The van der Waals surface area contributed by atoms with Gasteiger partial charge in [0.15, 0.2) is 0 Å². The Morgan fingerprint density at radius 2 is 1.72 bits per heavy atom. The summed E-state index contributed by atoms with van der Waals surface area (Å²) in [6.45, 7) is 4.16. The first-order chi connectivity index (χ1) is 15.2. The second-order valence-corrected chi connectivity index (χ2v) is 8.29. The Bertz CT molecular complexity index is 1170. The summed E-state index contributed by atoms with van der Waals surface area (Å²) in [5.41, 5.74) is 3.37. The molecule has 10 heteroatoms. The number of carbonyl (C=O) groups is 3. The highest BCUT2D eigenvalue weighted by Crippen LogP contribution is 2.29. The lowest BCUT2D eigenvalue weighted by Gasteiger charge is -2.14. The maximum Gasteiger partial charge on any atom is 0.328 e. The smallest absolute Gasteiger partial charge is 0.328 e. The Hall–Kier alpha value is -3.23. The molecule has 3 amide bonds. The van der Waals surface area contributed by atoms with E-state index in [1.807, 2.05) is 13.8 Å². The molecule has 0 unspecified atom stereocenters. The number of anilines is 1. The quantitative estimate of drug-likeness (QED) is 0.467. The highest BCUT2D eigenvalue weighted by molar-refractivity contribution is 6.38. The zero-order valence-corrected chi connectivity index (χ0v) is 19.2. The standard InChI is InChI=1S/C22H22Cl2N4O4/c1-12(2)11-25-21(30)22(31)27-28-17(7-13-5-4-6-18(32-3)19(13)28)20(29)26-16-9-14(23)8-15(24)10-16/h4-10,12H,11H2,1-3H3,(H,25,30)(H,26,29)(H,27,31). The number of hydrogen-bond acceptors (Lipinski definition) is 4. The maximum absolute atomic E-state index is 13.1. The molecule has 168 valence electrons. The molecule has 0 bridgehead atoms. The van der Waals surface area contributed by atoms with E-state index in [0.29, 0.717) is 38.9 Å². The van der Waals surface area contributed by atoms with Crippen molar-refractivity contribution < 1.29 is 19.1 Å². The number of fused-ring (bicyclic) bond motifs is 1. The van der Waals surface area contributed by atoms with Crippen LogP contribution in [0.2, 0.25) is 10.0 Å². The van der Waals surface area contributed by atoms with E-state index in [-0.39, 0.29) is 11.6 Å². The highest BCUT2D eigenvalue weighted by atomic mass is 35.5. The molecule has 0 atom stereocenters. The van der Waals surface area contributed by atoms with Gasteiger partial charge in [-0.1, -0.05) is 49.2 Å². The number of halogens is 2. The number of aromatic nitrogens is 1. The number of hydrogen-bond donors (Lipinski definition) is 3. The second-order valence-electron chi connectivity index (χ2n) is 7.42. The Kier molecular flexibility index (Phi) is 7.27. The SMILES string of the molecule is COc1cccc2cc(C(=O)Nc3cc(Cl)cc(Cl)c3)n(NC(=O)C(=O)NCC(C)C)c12. The molecule has 0 saturated heterocycles. The third-order valence-electron chi connectivity index (χ3n) is 4.45. The fraction of sp³-hybridized carbons (Fsp3) is 0.227. The number of ether oxygens (including phenoxy) is 1. The molecule has 2 aromatic carbocycles. The van der Waals surface area contributed by atoms with Crippen LogP contribution in [-0.4, -0.2) is 36.1 Å². The molecule has 0 fully saturated rings. The van der Waals surface area contributed by atoms with Crippen LogP contribution in [0.4, 0.5) is 5.69 Å². The lowest BCUT2D eigenvalue weighted by atomic mass is 10.2. The third-order valence-corrected chi connectivity index (χ3v) is 4.89. The van der Waals surface area contributed by atoms with Crippen LogP contribution in [0, 0.1) is 5.92 Å². The van der Waals surface area contributed by atoms with E-state index < -0.39 is 17.7 Å². The number of benzene rings is 2. The van der Waals surface area contributed by atoms with Gasteiger partial charge in [0.05, 0.1) is 7.11 Å². The molecule has 0 spiro atoms. The first kappa shape index (κ1) is 23.4. The van der Waals surface area contributed by atoms with Crippen molar-refractivity contribution in [3.63, 3.8) is 0 Å². The molecule has 0 aliphatic rings. The number of rotatable bonds is 6. The number of amides is 3. The van der Waals surface area contributed by atoms with E-state index in [9.17, 15) is 14.4 Å². The Morgan fingerprint density at radius 3 is 2.34 bits per heavy atom. The summed E-state index contributed by atoms with van der Waals surface area (Å²) in [5.74, 6) is -1.71. The average molecular weight is 477 g/mol. The van der Waals surface area contributed by atoms with E-state index in [0.717, 1.165) is 0 Å². The molecule has 0 radical (unpaired) electrons. The molecule has 0 aliphatic heterocycles. The molecule has 0 aliphatic carbocycles. The number of para-hydroxylation sites is 1. The minimum Gasteiger partial charge on any atom is -0.494 e. The van der Waals surface area contributed by atoms with Gasteiger partial charge in [-0.3, -0.25) is 19.8 Å². The molecule has 3 aromatic rings. The topological polar surface area (TPSA) is 101 Å². The Balaban J connectivity index is 1.99. The van der Waals surface area contributed by atoms with Crippen molar-refractivity contribution in [3.05, 3.63) is 58.2 Å². The zero-order valence-electron chi connectivity index (χ0n) is 17.7. The van der Waals surface area contributed by atoms with Crippen LogP contribution in [0.3, 0.4) is 0 Å². The van der Waals surface area contributed by atoms with Crippen molar-refractivity contribution in [2.75, 3.05) is 24.4 Å². The minimum absolute atomic E-state index is 0.0746. The van der Waals surface area contributed by atoms with Gasteiger partial charge in [-0.15, -0.1) is 0 Å². The predicted molar refractivity (Wildman–Crippen MR) is 125 cm³/mol. The molecular weight excluding hydrogens is 455 g/mol. The lowest BCUT2D eigenvalue weighted by molar-refractivity contribution is -0.136. The van der Waals surface area contributed by atoms with Gasteiger partial charge in [0.2, 0.25) is 0 Å². The van der Waals surface area contributed by atoms with Crippen LogP contribution < -0.4 is 20.8 Å². The lowest BCUT2D eigenvalue weighted by Crippen LogP contribution is -2.41. The monoisotopic (exact) mass is 476 g/mol. The largest absolute Gasteiger partial charge is 0.494 e. The van der Waals surface area contributed by atoms with Gasteiger partial charge in [-0.25, -0.2) is 4.68 Å². The average Bonchev–Trinajstić information content (AvgIpc) is 3.09. The summed E-state index contributed by atoms with van der Waals surface area (Å²) < 4.78 is 6.62. The van der Waals surface area contributed by atoms with E-state index in [2.05, 4.69) is 16.1 Å². The molecule has 8 nitrogen and oxygen atoms in total. The summed E-state index contributed by atoms with van der Waals surface area (Å²) in [5, 5.41) is 6.58. The van der Waals surface area contributed by atoms with Crippen LogP contribution in [0.25, 0.3) is 10.9 Å². The van der Waals surface area contributed by atoms with Crippen LogP contribution in [0.15, 0.2) is 42.5 Å². The van der Waals surface area contributed by atoms with Gasteiger partial charge in [-0.05, 0) is 36.2 Å². The van der Waals surface area contributed by atoms with Crippen molar-refractivity contribution in [2.24, 2.45) is 5.92 Å². The predicted octanol–water partition coefficient (Wildman–Crippen LogP) is 4.05. The van der Waals surface area contributed by atoms with Crippen LogP contribution in [-0.2, 0) is 9.59 Å². The zero-order chi connectivity index (χ0) is 23.4. The fourth-order valence-corrected chi connectivity index (χ4v) is 3.55. The summed E-state index contributed by atoms with van der Waals surface area (Å²) in [6, 6.07) is 11.4. The van der Waals surface area contributed by atoms with Gasteiger partial charge in [0.1, 0.15) is 17.0 Å². The number of nitrogens with zero attached hydrogens (tertiary/aromatic N) is 1. The maximum atomic E-state index is 13.1. The van der Waals surface area contributed by atoms with Crippen LogP contribution in [0.1, 0.15) is 24.3 Å². The molecule has 3 rings (SSSR count). The van der Waals surface area contributed by atoms with Gasteiger partial charge < -0.3 is 15.4 Å². The van der Waals surface area contributed by atoms with E-state index in [4.69, 9.17) is 27.9 Å². The van der Waals surface area contributed by atoms with Crippen molar-refractivity contribution in [3.8, 4) is 5.75 Å². The first-order valence-corrected chi connectivity index (χ1v) is 10.5. The van der Waals surface area contributed by atoms with E-state index in [1.54, 1.807) is 24.3 Å². The first-order valence-electron chi connectivity index (χ1n) is 9.74. The number of carbonyl (C=O) groups excluding carboxylic acids is 3. The van der Waals surface area contributed by atoms with Crippen molar-refractivity contribution in [2.45, 2.75) is 13.8 Å². The van der Waals surface area contributed by atoms with E-state index in [1.165, 1.54) is 30.0 Å². The van der Waals surface area contributed by atoms with Crippen LogP contribution >= 0.6 is 23.2 Å². The van der Waals surface area contributed by atoms with E-state index >= 15 is 0 Å². The summed E-state index contributed by atoms with van der Waals surface area (Å²) in [4.78, 5) is 37.8. The fourth-order valence-electron chi connectivity index (χ4n) is 3.03. The van der Waals surface area contributed by atoms with Crippen LogP contribution in [0.5, 0.6) is 5.75 Å². The van der Waals surface area contributed by atoms with Gasteiger partial charge in [0, 0.05) is 27.7 Å². The summed E-state index contributed by atoms with van der Waals surface area (Å²) in [6.07, 6.45) is 0. The van der Waals surface area contributed by atoms with Crippen molar-refractivity contribution >= 4 is 57.5 Å². The minimum atomic E-state index is -0.922. The Labute approximate surface area is 194 Å². The summed E-state index contributed by atoms with van der Waals surface area (Å²) >= 11 is 12.0. The van der Waals surface area contributed by atoms with Gasteiger partial charge >= 0.3 is 11.8 Å². The summed E-state index contributed by atoms with van der Waals surface area (Å²) in [7, 11) is 1.47. The molecule has 0 saturated carbocycles. The molecule has 3 N–H and O–H groups in total. The normalized spacial score (nSPS) is 10.8. The van der Waals surface area contributed by atoms with Gasteiger partial charge in [0.25, 0.3) is 5.91 Å². The highest BCUT2D eigenvalue weighted by Gasteiger charge is 2.23. The number of nitrogens with one attached hydrogen (secondary N) is 3. The Morgan fingerprint density at radius 1 is 1.03 bits per heavy atom. The second kappa shape index (κ2) is 9.93. The molecule has 32 heavy (non-hydrogen) atoms. The molecular formula is C22H22Cl2N4O4. The van der Waals surface area contributed by atoms with Crippen molar-refractivity contribution in [1.82, 2.24) is 9.99 Å². The third kappa shape index (κ3) is 5.33. The molecule has 1 heterocycles.